The van der Waals surface area contributed by atoms with Crippen LogP contribution in [0.15, 0.2) is 6.07 Å². The van der Waals surface area contributed by atoms with Crippen molar-refractivity contribution in [1.82, 2.24) is 30.0 Å². The normalized spacial score (nSPS) is 18.9. The summed E-state index contributed by atoms with van der Waals surface area (Å²) in [4.78, 5) is 28.8. The van der Waals surface area contributed by atoms with Crippen LogP contribution in [0.2, 0.25) is 0 Å². The highest BCUT2D eigenvalue weighted by Gasteiger charge is 2.36. The SMILES string of the molecule is CN1CCN(C(=O)NCCCCN2CCN(c3cc(C(F)(F)F)nc(C(C)(C)C)n3)CC2)CC1. The van der Waals surface area contributed by atoms with Crippen molar-refractivity contribution in [3.05, 3.63) is 17.6 Å². The van der Waals surface area contributed by atoms with E-state index in [2.05, 4.69) is 32.1 Å². The van der Waals surface area contributed by atoms with E-state index in [1.807, 2.05) is 30.6 Å². The molecule has 2 aliphatic rings. The van der Waals surface area contributed by atoms with E-state index in [4.69, 9.17) is 0 Å². The topological polar surface area (TPSA) is 67.8 Å². The molecular formula is C23H38F3N7O. The van der Waals surface area contributed by atoms with Gasteiger partial charge in [0, 0.05) is 70.4 Å². The Balaban J connectivity index is 1.42. The summed E-state index contributed by atoms with van der Waals surface area (Å²) in [5.41, 5.74) is -1.46. The molecule has 0 spiro atoms. The van der Waals surface area contributed by atoms with Crippen LogP contribution in [0, 0.1) is 0 Å². The number of carbonyl (C=O) groups excluding carboxylic acids is 1. The lowest BCUT2D eigenvalue weighted by Gasteiger charge is -2.36. The molecule has 0 saturated carbocycles. The number of nitrogens with zero attached hydrogens (tertiary/aromatic N) is 6. The Bertz CT molecular complexity index is 780. The van der Waals surface area contributed by atoms with Crippen LogP contribution in [0.1, 0.15) is 45.1 Å². The number of anilines is 1. The second-order valence-corrected chi connectivity index (χ2v) is 10.2. The predicted molar refractivity (Wildman–Crippen MR) is 126 cm³/mol. The molecule has 2 fully saturated rings. The third-order valence-corrected chi connectivity index (χ3v) is 6.34. The second kappa shape index (κ2) is 11.1. The quantitative estimate of drug-likeness (QED) is 0.625. The lowest BCUT2D eigenvalue weighted by Crippen LogP contribution is -2.50. The molecule has 2 aliphatic heterocycles. The second-order valence-electron chi connectivity index (χ2n) is 10.2. The van der Waals surface area contributed by atoms with Crippen LogP contribution in [0.3, 0.4) is 0 Å². The van der Waals surface area contributed by atoms with Gasteiger partial charge in [-0.05, 0) is 26.4 Å². The van der Waals surface area contributed by atoms with Gasteiger partial charge in [-0.2, -0.15) is 13.2 Å². The van der Waals surface area contributed by atoms with E-state index in [-0.39, 0.29) is 11.9 Å². The van der Waals surface area contributed by atoms with Crippen LogP contribution in [0.5, 0.6) is 0 Å². The van der Waals surface area contributed by atoms with Crippen LogP contribution >= 0.6 is 0 Å². The molecule has 192 valence electrons. The van der Waals surface area contributed by atoms with Crippen molar-refractivity contribution < 1.29 is 18.0 Å². The number of likely N-dealkylation sites (N-methyl/N-ethyl adjacent to an activating group) is 1. The Labute approximate surface area is 200 Å². The number of hydrogen-bond acceptors (Lipinski definition) is 6. The van der Waals surface area contributed by atoms with Crippen molar-refractivity contribution in [2.45, 2.75) is 45.2 Å². The molecule has 1 N–H and O–H groups in total. The van der Waals surface area contributed by atoms with Crippen molar-refractivity contribution >= 4 is 11.8 Å². The Kier molecular flexibility index (Phi) is 8.62. The van der Waals surface area contributed by atoms with Crippen molar-refractivity contribution in [2.75, 3.05) is 77.4 Å². The molecule has 0 aliphatic carbocycles. The monoisotopic (exact) mass is 485 g/mol. The number of alkyl halides is 3. The summed E-state index contributed by atoms with van der Waals surface area (Å²) in [7, 11) is 2.06. The Hall–Kier alpha value is -2.14. The molecule has 34 heavy (non-hydrogen) atoms. The number of aromatic nitrogens is 2. The zero-order valence-corrected chi connectivity index (χ0v) is 20.8. The fourth-order valence-corrected chi connectivity index (χ4v) is 4.05. The zero-order valence-electron chi connectivity index (χ0n) is 20.8. The molecule has 0 bridgehead atoms. The lowest BCUT2D eigenvalue weighted by molar-refractivity contribution is -0.141. The molecule has 0 atom stereocenters. The summed E-state index contributed by atoms with van der Waals surface area (Å²) in [5.74, 6) is 0.553. The number of unbranched alkanes of at least 4 members (excludes halogenated alkanes) is 1. The van der Waals surface area contributed by atoms with Crippen molar-refractivity contribution in [3.63, 3.8) is 0 Å². The molecule has 0 radical (unpaired) electrons. The van der Waals surface area contributed by atoms with E-state index in [9.17, 15) is 18.0 Å². The zero-order chi connectivity index (χ0) is 24.9. The molecule has 8 nitrogen and oxygen atoms in total. The summed E-state index contributed by atoms with van der Waals surface area (Å²) in [5, 5.41) is 3.00. The first-order valence-electron chi connectivity index (χ1n) is 12.1. The highest BCUT2D eigenvalue weighted by molar-refractivity contribution is 5.74. The van der Waals surface area contributed by atoms with Gasteiger partial charge in [0.2, 0.25) is 0 Å². The Morgan fingerprint density at radius 2 is 1.62 bits per heavy atom. The van der Waals surface area contributed by atoms with Crippen LogP contribution in [0.25, 0.3) is 0 Å². The number of carbonyl (C=O) groups is 1. The maximum Gasteiger partial charge on any atom is 0.433 e. The number of rotatable bonds is 6. The summed E-state index contributed by atoms with van der Waals surface area (Å²) >= 11 is 0. The van der Waals surface area contributed by atoms with Gasteiger partial charge in [-0.25, -0.2) is 14.8 Å². The third-order valence-electron chi connectivity index (χ3n) is 6.34. The fourth-order valence-electron chi connectivity index (χ4n) is 4.05. The van der Waals surface area contributed by atoms with Crippen LogP contribution in [0.4, 0.5) is 23.8 Å². The van der Waals surface area contributed by atoms with E-state index < -0.39 is 17.3 Å². The Morgan fingerprint density at radius 1 is 0.971 bits per heavy atom. The van der Waals surface area contributed by atoms with Gasteiger partial charge in [0.1, 0.15) is 17.3 Å². The van der Waals surface area contributed by atoms with Crippen molar-refractivity contribution in [2.24, 2.45) is 0 Å². The van der Waals surface area contributed by atoms with Crippen LogP contribution in [-0.4, -0.2) is 103 Å². The predicted octanol–water partition coefficient (Wildman–Crippen LogP) is 2.65. The first kappa shape index (κ1) is 26.5. The minimum Gasteiger partial charge on any atom is -0.354 e. The summed E-state index contributed by atoms with van der Waals surface area (Å²) < 4.78 is 40.2. The maximum atomic E-state index is 13.4. The van der Waals surface area contributed by atoms with Gasteiger partial charge in [0.15, 0.2) is 0 Å². The Morgan fingerprint density at radius 3 is 2.21 bits per heavy atom. The number of halogens is 3. The average Bonchev–Trinajstić information content (AvgIpc) is 2.78. The fraction of sp³-hybridized carbons (Fsp3) is 0.783. The summed E-state index contributed by atoms with van der Waals surface area (Å²) in [6.45, 7) is 13.1. The van der Waals surface area contributed by atoms with Gasteiger partial charge in [0.05, 0.1) is 0 Å². The molecule has 0 unspecified atom stereocenters. The number of nitrogens with one attached hydrogen (secondary N) is 1. The summed E-state index contributed by atoms with van der Waals surface area (Å²) in [6.07, 6.45) is -2.64. The first-order chi connectivity index (χ1) is 15.9. The standard InChI is InChI=1S/C23H38F3N7O/c1-22(2,3)20-28-18(23(24,25)26)17-19(29-20)32-15-11-31(12-16-32)8-6-5-7-27-21(34)33-13-9-30(4)10-14-33/h17H,5-16H2,1-4H3,(H,27,34). The smallest absolute Gasteiger partial charge is 0.354 e. The lowest BCUT2D eigenvalue weighted by atomic mass is 9.95. The molecule has 0 aromatic carbocycles. The molecule has 3 heterocycles. The average molecular weight is 486 g/mol. The first-order valence-corrected chi connectivity index (χ1v) is 12.1. The molecular weight excluding hydrogens is 447 g/mol. The highest BCUT2D eigenvalue weighted by Crippen LogP contribution is 2.32. The third kappa shape index (κ3) is 7.43. The van der Waals surface area contributed by atoms with Gasteiger partial charge in [0.25, 0.3) is 0 Å². The van der Waals surface area contributed by atoms with E-state index in [0.29, 0.717) is 25.5 Å². The van der Waals surface area contributed by atoms with Crippen LogP contribution in [-0.2, 0) is 11.6 Å². The van der Waals surface area contributed by atoms with E-state index in [0.717, 1.165) is 64.7 Å². The van der Waals surface area contributed by atoms with Crippen molar-refractivity contribution in [1.29, 1.82) is 0 Å². The van der Waals surface area contributed by atoms with E-state index in [1.54, 1.807) is 0 Å². The number of amides is 2. The minimum atomic E-state index is -4.50. The molecule has 2 saturated heterocycles. The van der Waals surface area contributed by atoms with E-state index in [1.165, 1.54) is 0 Å². The van der Waals surface area contributed by atoms with Crippen molar-refractivity contribution in [3.8, 4) is 0 Å². The van der Waals surface area contributed by atoms with E-state index >= 15 is 0 Å². The largest absolute Gasteiger partial charge is 0.433 e. The highest BCUT2D eigenvalue weighted by atomic mass is 19.4. The van der Waals surface area contributed by atoms with Gasteiger partial charge in [-0.3, -0.25) is 4.90 Å². The van der Waals surface area contributed by atoms with Gasteiger partial charge < -0.3 is 20.0 Å². The number of piperazine rings is 2. The maximum absolute atomic E-state index is 13.4. The molecule has 1 aromatic rings. The van der Waals surface area contributed by atoms with Gasteiger partial charge >= 0.3 is 12.2 Å². The number of urea groups is 1. The number of hydrogen-bond donors (Lipinski definition) is 1. The summed E-state index contributed by atoms with van der Waals surface area (Å²) in [6, 6.07) is 1.08. The van der Waals surface area contributed by atoms with Gasteiger partial charge in [-0.15, -0.1) is 0 Å². The molecule has 11 heteroatoms. The molecule has 2 amide bonds. The molecule has 3 rings (SSSR count). The molecule has 1 aromatic heterocycles. The van der Waals surface area contributed by atoms with Gasteiger partial charge in [-0.1, -0.05) is 20.8 Å². The van der Waals surface area contributed by atoms with Crippen LogP contribution < -0.4 is 10.2 Å². The minimum absolute atomic E-state index is 0.0133.